The molecule has 0 aliphatic rings. The predicted octanol–water partition coefficient (Wildman–Crippen LogP) is 4.56. The molecule has 0 aliphatic carbocycles. The van der Waals surface area contributed by atoms with Crippen LogP contribution in [0.25, 0.3) is 0 Å². The number of rotatable bonds is 2. The van der Waals surface area contributed by atoms with Crippen molar-refractivity contribution in [2.45, 2.75) is 6.92 Å². The first kappa shape index (κ1) is 13.5. The third kappa shape index (κ3) is 2.46. The van der Waals surface area contributed by atoms with Crippen molar-refractivity contribution < 1.29 is 23.0 Å². The number of hydrogen-bond donors (Lipinski definition) is 1. The summed E-state index contributed by atoms with van der Waals surface area (Å²) in [5.74, 6) is -4.46. The van der Waals surface area contributed by atoms with E-state index in [0.717, 1.165) is 6.92 Å². The molecular weight excluding hydrogens is 281 g/mol. The van der Waals surface area contributed by atoms with Crippen LogP contribution in [0.15, 0.2) is 24.3 Å². The lowest BCUT2D eigenvalue weighted by molar-refractivity contribution is 0.404. The molecule has 0 spiro atoms. The number of phenolic OH excluding ortho intramolecular Hbond substituents is 1. The van der Waals surface area contributed by atoms with Gasteiger partial charge in [-0.25, -0.2) is 8.78 Å². The van der Waals surface area contributed by atoms with Gasteiger partial charge in [-0.3, -0.25) is 0 Å². The number of aromatic hydroxyl groups is 1. The van der Waals surface area contributed by atoms with Gasteiger partial charge in [0.05, 0.1) is 0 Å². The fourth-order valence-electron chi connectivity index (χ4n) is 1.44. The maximum absolute atomic E-state index is 13.7. The summed E-state index contributed by atoms with van der Waals surface area (Å²) in [5.41, 5.74) is -0.513. The first-order valence-corrected chi connectivity index (χ1v) is 5.59. The molecule has 0 unspecified atom stereocenters. The Hall–Kier alpha value is -1.88. The van der Waals surface area contributed by atoms with Crippen molar-refractivity contribution in [2.24, 2.45) is 0 Å². The van der Waals surface area contributed by atoms with E-state index in [0.29, 0.717) is 0 Å². The highest BCUT2D eigenvalue weighted by atomic mass is 35.5. The third-order valence-electron chi connectivity index (χ3n) is 2.50. The molecule has 2 aromatic rings. The molecule has 0 saturated carbocycles. The van der Waals surface area contributed by atoms with E-state index in [1.807, 2.05) is 0 Å². The largest absolute Gasteiger partial charge is 0.508 e. The van der Waals surface area contributed by atoms with Crippen molar-refractivity contribution in [3.8, 4) is 17.2 Å². The van der Waals surface area contributed by atoms with Crippen LogP contribution in [-0.2, 0) is 0 Å². The van der Waals surface area contributed by atoms with Crippen LogP contribution in [0.2, 0.25) is 5.02 Å². The molecule has 2 nitrogen and oxygen atoms in total. The van der Waals surface area contributed by atoms with Gasteiger partial charge in [0, 0.05) is 5.56 Å². The molecular formula is C13H8ClF3O2. The van der Waals surface area contributed by atoms with Gasteiger partial charge in [-0.2, -0.15) is 4.39 Å². The molecule has 19 heavy (non-hydrogen) atoms. The molecule has 0 amide bonds. The number of hydrogen-bond acceptors (Lipinski definition) is 2. The van der Waals surface area contributed by atoms with E-state index in [4.69, 9.17) is 21.4 Å². The van der Waals surface area contributed by atoms with Gasteiger partial charge in [0.15, 0.2) is 17.4 Å². The average Bonchev–Trinajstić information content (AvgIpc) is 2.41. The van der Waals surface area contributed by atoms with E-state index < -0.39 is 33.8 Å². The minimum atomic E-state index is -1.36. The molecule has 0 heterocycles. The number of halogens is 4. The molecule has 0 fully saturated rings. The summed E-state index contributed by atoms with van der Waals surface area (Å²) < 4.78 is 45.6. The second kappa shape index (κ2) is 5.01. The van der Waals surface area contributed by atoms with Gasteiger partial charge in [0.2, 0.25) is 5.82 Å². The Bertz CT molecular complexity index is 598. The van der Waals surface area contributed by atoms with Crippen molar-refractivity contribution in [1.82, 2.24) is 0 Å². The van der Waals surface area contributed by atoms with Crippen LogP contribution in [0.3, 0.4) is 0 Å². The Morgan fingerprint density at radius 2 is 1.58 bits per heavy atom. The zero-order chi connectivity index (χ0) is 14.2. The third-order valence-corrected chi connectivity index (χ3v) is 2.84. The molecule has 1 N–H and O–H groups in total. The molecule has 0 radical (unpaired) electrons. The maximum Gasteiger partial charge on any atom is 0.203 e. The summed E-state index contributed by atoms with van der Waals surface area (Å²) in [6.07, 6.45) is 0. The average molecular weight is 289 g/mol. The van der Waals surface area contributed by atoms with Crippen molar-refractivity contribution >= 4 is 11.6 Å². The minimum Gasteiger partial charge on any atom is -0.508 e. The predicted molar refractivity (Wildman–Crippen MR) is 64.2 cm³/mol. The van der Waals surface area contributed by atoms with Crippen LogP contribution in [0.1, 0.15) is 5.56 Å². The highest BCUT2D eigenvalue weighted by Gasteiger charge is 2.23. The monoisotopic (exact) mass is 288 g/mol. The van der Waals surface area contributed by atoms with Crippen molar-refractivity contribution in [2.75, 3.05) is 0 Å². The Labute approximate surface area is 112 Å². The lowest BCUT2D eigenvalue weighted by Crippen LogP contribution is -2.00. The van der Waals surface area contributed by atoms with Crippen LogP contribution in [0, 0.1) is 24.4 Å². The molecule has 6 heteroatoms. The van der Waals surface area contributed by atoms with Gasteiger partial charge in [0.1, 0.15) is 16.5 Å². The van der Waals surface area contributed by atoms with Crippen molar-refractivity contribution in [3.63, 3.8) is 0 Å². The lowest BCUT2D eigenvalue weighted by atomic mass is 10.2. The maximum atomic E-state index is 13.7. The molecule has 2 aromatic carbocycles. The highest BCUT2D eigenvalue weighted by Crippen LogP contribution is 2.37. The standard InChI is InChI=1S/C13H8ClF3O2/c1-6-10(15)9(14)13(12(17)11(6)16)19-8-4-2-7(18)3-5-8/h2-5,18H,1H3. The molecule has 0 aliphatic heterocycles. The Morgan fingerprint density at radius 1 is 1.00 bits per heavy atom. The van der Waals surface area contributed by atoms with E-state index >= 15 is 0 Å². The summed E-state index contributed by atoms with van der Waals surface area (Å²) in [4.78, 5) is 0. The summed E-state index contributed by atoms with van der Waals surface area (Å²) in [5, 5.41) is 8.45. The topological polar surface area (TPSA) is 29.5 Å². The highest BCUT2D eigenvalue weighted by molar-refractivity contribution is 6.32. The molecule has 0 bridgehead atoms. The Morgan fingerprint density at radius 3 is 2.16 bits per heavy atom. The van der Waals surface area contributed by atoms with Gasteiger partial charge in [-0.05, 0) is 31.2 Å². The van der Waals surface area contributed by atoms with Crippen LogP contribution in [0.4, 0.5) is 13.2 Å². The number of ether oxygens (including phenoxy) is 1. The number of phenols is 1. The SMILES string of the molecule is Cc1c(F)c(F)c(Oc2ccc(O)cc2)c(Cl)c1F. The van der Waals surface area contributed by atoms with Crippen LogP contribution >= 0.6 is 11.6 Å². The van der Waals surface area contributed by atoms with Crippen LogP contribution in [-0.4, -0.2) is 5.11 Å². The number of benzene rings is 2. The summed E-state index contributed by atoms with van der Waals surface area (Å²) in [6, 6.07) is 5.17. The van der Waals surface area contributed by atoms with Gasteiger partial charge >= 0.3 is 0 Å². The first-order chi connectivity index (χ1) is 8.91. The van der Waals surface area contributed by atoms with E-state index in [-0.39, 0.29) is 11.5 Å². The molecule has 0 saturated heterocycles. The summed E-state index contributed by atoms with van der Waals surface area (Å²) >= 11 is 5.60. The molecule has 0 atom stereocenters. The normalized spacial score (nSPS) is 10.6. The minimum absolute atomic E-state index is 0.0276. The Balaban J connectivity index is 2.48. The molecule has 100 valence electrons. The lowest BCUT2D eigenvalue weighted by Gasteiger charge is -2.11. The second-order valence-corrected chi connectivity index (χ2v) is 4.18. The zero-order valence-electron chi connectivity index (χ0n) is 9.68. The van der Waals surface area contributed by atoms with Gasteiger partial charge in [0.25, 0.3) is 0 Å². The quantitative estimate of drug-likeness (QED) is 0.821. The van der Waals surface area contributed by atoms with Gasteiger partial charge in [-0.1, -0.05) is 11.6 Å². The van der Waals surface area contributed by atoms with Gasteiger partial charge in [-0.15, -0.1) is 0 Å². The molecule has 0 aromatic heterocycles. The second-order valence-electron chi connectivity index (χ2n) is 3.81. The zero-order valence-corrected chi connectivity index (χ0v) is 10.4. The summed E-state index contributed by atoms with van der Waals surface area (Å²) in [7, 11) is 0. The first-order valence-electron chi connectivity index (χ1n) is 5.21. The van der Waals surface area contributed by atoms with Crippen LogP contribution in [0.5, 0.6) is 17.2 Å². The van der Waals surface area contributed by atoms with Gasteiger partial charge < -0.3 is 9.84 Å². The summed E-state index contributed by atoms with van der Waals surface area (Å²) in [6.45, 7) is 1.07. The van der Waals surface area contributed by atoms with E-state index in [2.05, 4.69) is 0 Å². The fourth-order valence-corrected chi connectivity index (χ4v) is 1.71. The van der Waals surface area contributed by atoms with E-state index in [1.165, 1.54) is 24.3 Å². The van der Waals surface area contributed by atoms with Crippen molar-refractivity contribution in [1.29, 1.82) is 0 Å². The fraction of sp³-hybridized carbons (Fsp3) is 0.0769. The molecule has 2 rings (SSSR count). The van der Waals surface area contributed by atoms with Crippen molar-refractivity contribution in [3.05, 3.63) is 52.3 Å². The van der Waals surface area contributed by atoms with E-state index in [9.17, 15) is 13.2 Å². The Kier molecular flexibility index (Phi) is 3.57. The smallest absolute Gasteiger partial charge is 0.203 e. The van der Waals surface area contributed by atoms with E-state index in [1.54, 1.807) is 0 Å². The van der Waals surface area contributed by atoms with Crippen LogP contribution < -0.4 is 4.74 Å².